The molecule has 0 atom stereocenters. The van der Waals surface area contributed by atoms with Gasteiger partial charge in [0.15, 0.2) is 0 Å². The minimum Gasteiger partial charge on any atom is -0.423 e. The molecule has 0 fully saturated rings. The quantitative estimate of drug-likeness (QED) is 0.647. The minimum absolute atomic E-state index is 0.310. The van der Waals surface area contributed by atoms with Crippen LogP contribution in [0.3, 0.4) is 0 Å². The van der Waals surface area contributed by atoms with Gasteiger partial charge in [0.1, 0.15) is 5.58 Å². The summed E-state index contributed by atoms with van der Waals surface area (Å²) in [6, 6.07) is 15.6. The van der Waals surface area contributed by atoms with Crippen molar-refractivity contribution >= 4 is 32.6 Å². The molecular weight excluding hydrogens is 342 g/mol. The third-order valence-electron chi connectivity index (χ3n) is 3.74. The number of rotatable bonds is 3. The summed E-state index contributed by atoms with van der Waals surface area (Å²) in [5, 5.41) is 0.970. The third kappa shape index (κ3) is 2.92. The number of halogens is 1. The van der Waals surface area contributed by atoms with Crippen LogP contribution in [0.4, 0.5) is 5.69 Å². The Balaban J connectivity index is 1.96. The number of aryl methyl sites for hydroxylation is 1. The molecule has 0 aliphatic rings. The Morgan fingerprint density at radius 1 is 1.14 bits per heavy atom. The van der Waals surface area contributed by atoms with Crippen molar-refractivity contribution in [2.24, 2.45) is 0 Å². The van der Waals surface area contributed by atoms with Gasteiger partial charge in [0, 0.05) is 41.3 Å². The van der Waals surface area contributed by atoms with Crippen LogP contribution in [-0.2, 0) is 6.54 Å². The average molecular weight is 358 g/mol. The highest BCUT2D eigenvalue weighted by atomic mass is 79.9. The van der Waals surface area contributed by atoms with Crippen molar-refractivity contribution in [3.05, 3.63) is 74.6 Å². The van der Waals surface area contributed by atoms with Crippen molar-refractivity contribution in [2.75, 3.05) is 11.9 Å². The molecule has 2 aromatic carbocycles. The van der Waals surface area contributed by atoms with E-state index < -0.39 is 0 Å². The molecule has 0 aliphatic carbocycles. The number of fused-ring (bicyclic) bond motifs is 1. The minimum atomic E-state index is -0.310. The van der Waals surface area contributed by atoms with Gasteiger partial charge in [-0.05, 0) is 36.2 Å². The molecule has 3 rings (SSSR count). The van der Waals surface area contributed by atoms with Crippen molar-refractivity contribution in [2.45, 2.75) is 13.5 Å². The van der Waals surface area contributed by atoms with Gasteiger partial charge in [-0.1, -0.05) is 34.1 Å². The van der Waals surface area contributed by atoms with E-state index in [0.717, 1.165) is 27.7 Å². The molecule has 0 spiro atoms. The van der Waals surface area contributed by atoms with Crippen LogP contribution in [0.2, 0.25) is 0 Å². The van der Waals surface area contributed by atoms with E-state index >= 15 is 0 Å². The predicted octanol–water partition coefficient (Wildman–Crippen LogP) is 4.50. The Morgan fingerprint density at radius 3 is 2.68 bits per heavy atom. The first-order valence-electron chi connectivity index (χ1n) is 7.03. The van der Waals surface area contributed by atoms with E-state index in [4.69, 9.17) is 4.42 Å². The summed E-state index contributed by atoms with van der Waals surface area (Å²) in [6.07, 6.45) is 0. The molecule has 0 N–H and O–H groups in total. The fourth-order valence-corrected chi connectivity index (χ4v) is 2.93. The summed E-state index contributed by atoms with van der Waals surface area (Å²) in [7, 11) is 2.02. The lowest BCUT2D eigenvalue weighted by molar-refractivity contribution is 0.560. The van der Waals surface area contributed by atoms with Gasteiger partial charge in [0.2, 0.25) is 0 Å². The number of nitrogens with zero attached hydrogens (tertiary/aromatic N) is 1. The van der Waals surface area contributed by atoms with Crippen molar-refractivity contribution in [1.82, 2.24) is 0 Å². The van der Waals surface area contributed by atoms with Crippen LogP contribution in [-0.4, -0.2) is 7.05 Å². The van der Waals surface area contributed by atoms with Crippen LogP contribution < -0.4 is 10.5 Å². The predicted molar refractivity (Wildman–Crippen MR) is 93.5 cm³/mol. The second-order valence-corrected chi connectivity index (χ2v) is 6.23. The van der Waals surface area contributed by atoms with Crippen LogP contribution in [0, 0.1) is 6.92 Å². The van der Waals surface area contributed by atoms with Gasteiger partial charge < -0.3 is 9.32 Å². The number of anilines is 1. The molecule has 112 valence electrons. The topological polar surface area (TPSA) is 33.5 Å². The Bertz CT molecular complexity index is 886. The highest BCUT2D eigenvalue weighted by Gasteiger charge is 2.08. The van der Waals surface area contributed by atoms with Crippen LogP contribution in [0.15, 0.2) is 62.2 Å². The van der Waals surface area contributed by atoms with E-state index in [2.05, 4.69) is 26.9 Å². The van der Waals surface area contributed by atoms with Crippen LogP contribution >= 0.6 is 15.9 Å². The van der Waals surface area contributed by atoms with E-state index in [-0.39, 0.29) is 5.63 Å². The van der Waals surface area contributed by atoms with Gasteiger partial charge in [-0.15, -0.1) is 0 Å². The molecule has 4 heteroatoms. The second-order valence-electron chi connectivity index (χ2n) is 5.38. The van der Waals surface area contributed by atoms with Gasteiger partial charge in [0.25, 0.3) is 0 Å². The summed E-state index contributed by atoms with van der Waals surface area (Å²) < 4.78 is 6.40. The molecule has 0 amide bonds. The van der Waals surface area contributed by atoms with Crippen molar-refractivity contribution in [1.29, 1.82) is 0 Å². The number of benzene rings is 2. The SMILES string of the molecule is Cc1cc(=O)oc2cc(N(C)Cc3ccccc3Br)ccc12. The van der Waals surface area contributed by atoms with Crippen LogP contribution in [0.1, 0.15) is 11.1 Å². The molecule has 0 radical (unpaired) electrons. The maximum Gasteiger partial charge on any atom is 0.336 e. The van der Waals surface area contributed by atoms with E-state index in [0.29, 0.717) is 5.58 Å². The first-order valence-corrected chi connectivity index (χ1v) is 7.83. The number of hydrogen-bond donors (Lipinski definition) is 0. The summed E-state index contributed by atoms with van der Waals surface area (Å²) >= 11 is 3.57. The highest BCUT2D eigenvalue weighted by molar-refractivity contribution is 9.10. The smallest absolute Gasteiger partial charge is 0.336 e. The zero-order valence-corrected chi connectivity index (χ0v) is 14.1. The monoisotopic (exact) mass is 357 g/mol. The normalized spacial score (nSPS) is 10.9. The maximum absolute atomic E-state index is 11.5. The largest absolute Gasteiger partial charge is 0.423 e. The van der Waals surface area contributed by atoms with Gasteiger partial charge in [-0.25, -0.2) is 4.79 Å². The molecule has 0 saturated heterocycles. The summed E-state index contributed by atoms with van der Waals surface area (Å²) in [6.45, 7) is 2.69. The van der Waals surface area contributed by atoms with E-state index in [1.165, 1.54) is 11.6 Å². The maximum atomic E-state index is 11.5. The first-order chi connectivity index (χ1) is 10.5. The Labute approximate surface area is 137 Å². The van der Waals surface area contributed by atoms with Crippen molar-refractivity contribution in [3.63, 3.8) is 0 Å². The zero-order chi connectivity index (χ0) is 15.7. The second kappa shape index (κ2) is 5.97. The van der Waals surface area contributed by atoms with Gasteiger partial charge >= 0.3 is 5.63 Å². The highest BCUT2D eigenvalue weighted by Crippen LogP contribution is 2.25. The molecule has 0 bridgehead atoms. The van der Waals surface area contributed by atoms with Crippen LogP contribution in [0.25, 0.3) is 11.0 Å². The molecule has 0 aliphatic heterocycles. The Morgan fingerprint density at radius 2 is 1.91 bits per heavy atom. The lowest BCUT2D eigenvalue weighted by Crippen LogP contribution is -2.16. The molecule has 1 aromatic heterocycles. The first kappa shape index (κ1) is 14.9. The molecule has 3 aromatic rings. The lowest BCUT2D eigenvalue weighted by atomic mass is 10.1. The third-order valence-corrected chi connectivity index (χ3v) is 4.51. The van der Waals surface area contributed by atoms with E-state index in [1.807, 2.05) is 50.4 Å². The van der Waals surface area contributed by atoms with Crippen molar-refractivity contribution in [3.8, 4) is 0 Å². The lowest BCUT2D eigenvalue weighted by Gasteiger charge is -2.20. The number of hydrogen-bond acceptors (Lipinski definition) is 3. The summed E-state index contributed by atoms with van der Waals surface area (Å²) in [4.78, 5) is 13.7. The fourth-order valence-electron chi connectivity index (χ4n) is 2.52. The molecule has 1 heterocycles. The van der Waals surface area contributed by atoms with E-state index in [9.17, 15) is 4.79 Å². The van der Waals surface area contributed by atoms with Gasteiger partial charge in [0.05, 0.1) is 0 Å². The summed E-state index contributed by atoms with van der Waals surface area (Å²) in [5.41, 5.74) is 3.47. The fraction of sp³-hybridized carbons (Fsp3) is 0.167. The van der Waals surface area contributed by atoms with Gasteiger partial charge in [-0.2, -0.15) is 0 Å². The van der Waals surface area contributed by atoms with Gasteiger partial charge in [-0.3, -0.25) is 0 Å². The molecule has 0 saturated carbocycles. The van der Waals surface area contributed by atoms with Crippen molar-refractivity contribution < 1.29 is 4.42 Å². The zero-order valence-electron chi connectivity index (χ0n) is 12.5. The summed E-state index contributed by atoms with van der Waals surface area (Å²) in [5.74, 6) is 0. The molecule has 22 heavy (non-hydrogen) atoms. The Kier molecular flexibility index (Phi) is 4.03. The average Bonchev–Trinajstić information content (AvgIpc) is 2.48. The Hall–Kier alpha value is -2.07. The molecular formula is C18H16BrNO2. The standard InChI is InChI=1S/C18H16BrNO2/c1-12-9-18(21)22-17-10-14(7-8-15(12)17)20(2)11-13-5-3-4-6-16(13)19/h3-10H,11H2,1-2H3. The van der Waals surface area contributed by atoms with Crippen LogP contribution in [0.5, 0.6) is 0 Å². The molecule has 3 nitrogen and oxygen atoms in total. The van der Waals surface area contributed by atoms with E-state index in [1.54, 1.807) is 0 Å². The molecule has 0 unspecified atom stereocenters.